The molecule has 2 aromatic rings. The number of fused-ring (bicyclic) bond motifs is 2. The van der Waals surface area contributed by atoms with Gasteiger partial charge in [-0.25, -0.2) is 0 Å². The number of likely N-dealkylation sites (N-methyl/N-ethyl adjacent to an activating group) is 1. The van der Waals surface area contributed by atoms with Gasteiger partial charge in [0.15, 0.2) is 0 Å². The third-order valence-corrected chi connectivity index (χ3v) is 6.92. The van der Waals surface area contributed by atoms with Gasteiger partial charge in [-0.15, -0.1) is 0 Å². The number of rotatable bonds is 11. The van der Waals surface area contributed by atoms with Crippen LogP contribution in [0.1, 0.15) is 75.1 Å². The Hall–Kier alpha value is -3.79. The zero-order valence-electron chi connectivity index (χ0n) is 24.3. The first-order valence-corrected chi connectivity index (χ1v) is 13.5. The average Bonchev–Trinajstić information content (AvgIpc) is 3.10. The van der Waals surface area contributed by atoms with Crippen LogP contribution in [0.2, 0.25) is 0 Å². The lowest BCUT2D eigenvalue weighted by Gasteiger charge is -2.32. The summed E-state index contributed by atoms with van der Waals surface area (Å²) >= 11 is 0. The van der Waals surface area contributed by atoms with E-state index in [9.17, 15) is 24.0 Å². The molecule has 216 valence electrons. The molecule has 10 nitrogen and oxygen atoms in total. The van der Waals surface area contributed by atoms with Gasteiger partial charge in [0.05, 0.1) is 17.2 Å². The monoisotopic (exact) mass is 552 g/mol. The van der Waals surface area contributed by atoms with Crippen LogP contribution < -0.4 is 11.1 Å². The Bertz CT molecular complexity index is 1260. The fourth-order valence-corrected chi connectivity index (χ4v) is 4.66. The van der Waals surface area contributed by atoms with Gasteiger partial charge in [-0.3, -0.25) is 34.2 Å². The number of nitrogens with two attached hydrogens (primary N) is 1. The maximum atomic E-state index is 13.4. The van der Waals surface area contributed by atoms with Crippen molar-refractivity contribution in [2.75, 3.05) is 13.6 Å². The Morgan fingerprint density at radius 2 is 1.50 bits per heavy atom. The number of benzene rings is 2. The molecule has 1 aliphatic heterocycles. The topological polar surface area (TPSA) is 139 Å². The molecule has 2 aromatic carbocycles. The van der Waals surface area contributed by atoms with Gasteiger partial charge < -0.3 is 15.4 Å². The Labute approximate surface area is 235 Å². The van der Waals surface area contributed by atoms with Crippen molar-refractivity contribution in [1.82, 2.24) is 15.1 Å². The first-order valence-electron chi connectivity index (χ1n) is 13.5. The van der Waals surface area contributed by atoms with E-state index in [1.54, 1.807) is 32.9 Å². The summed E-state index contributed by atoms with van der Waals surface area (Å²) in [5.74, 6) is -2.45. The molecule has 0 unspecified atom stereocenters. The maximum Gasteiger partial charge on any atom is 0.323 e. The van der Waals surface area contributed by atoms with E-state index in [4.69, 9.17) is 10.5 Å². The standard InChI is InChI=1S/C30H40N4O6/c1-17(2)14-24(28(38)33(7)18(3)25(31)35)32-23(29(39)40-30(4,5)6)12-13-34-26(36)21-15-19-10-8-9-11-20(19)16-22(21)27(34)37/h8-11,15-18,23-24,32H,12-14H2,1-7H3,(H2,31,35)/t18-,23+,24-/m0/s1. The van der Waals surface area contributed by atoms with E-state index in [2.05, 4.69) is 5.32 Å². The highest BCUT2D eigenvalue weighted by molar-refractivity contribution is 6.23. The fourth-order valence-electron chi connectivity index (χ4n) is 4.66. The minimum absolute atomic E-state index is 0.0247. The summed E-state index contributed by atoms with van der Waals surface area (Å²) in [6, 6.07) is 8.20. The number of primary amides is 1. The van der Waals surface area contributed by atoms with E-state index in [0.717, 1.165) is 15.7 Å². The molecule has 0 saturated heterocycles. The van der Waals surface area contributed by atoms with Crippen LogP contribution in [-0.4, -0.2) is 76.7 Å². The molecule has 0 saturated carbocycles. The van der Waals surface area contributed by atoms with Crippen molar-refractivity contribution in [3.63, 3.8) is 0 Å². The van der Waals surface area contributed by atoms with Crippen LogP contribution in [0.3, 0.4) is 0 Å². The first kappa shape index (κ1) is 30.7. The minimum atomic E-state index is -1.01. The molecule has 4 amide bonds. The molecule has 1 aliphatic rings. The van der Waals surface area contributed by atoms with E-state index in [0.29, 0.717) is 17.5 Å². The van der Waals surface area contributed by atoms with E-state index in [1.165, 1.54) is 18.9 Å². The fraction of sp³-hybridized carbons (Fsp3) is 0.500. The largest absolute Gasteiger partial charge is 0.459 e. The molecule has 0 fully saturated rings. The first-order chi connectivity index (χ1) is 18.6. The maximum absolute atomic E-state index is 13.4. The lowest BCUT2D eigenvalue weighted by Crippen LogP contribution is -2.56. The Kier molecular flexibility index (Phi) is 9.35. The van der Waals surface area contributed by atoms with Crippen molar-refractivity contribution in [2.24, 2.45) is 11.7 Å². The number of amides is 4. The van der Waals surface area contributed by atoms with Crippen LogP contribution in [0.15, 0.2) is 36.4 Å². The molecular weight excluding hydrogens is 512 g/mol. The second-order valence-corrected chi connectivity index (χ2v) is 11.8. The number of carbonyl (C=O) groups is 5. The number of hydrogen-bond acceptors (Lipinski definition) is 7. The van der Waals surface area contributed by atoms with Gasteiger partial charge in [-0.1, -0.05) is 38.1 Å². The Balaban J connectivity index is 1.86. The van der Waals surface area contributed by atoms with Gasteiger partial charge in [0.25, 0.3) is 11.8 Å². The predicted octanol–water partition coefficient (Wildman–Crippen LogP) is 2.87. The number of nitrogens with zero attached hydrogens (tertiary/aromatic N) is 2. The number of esters is 1. The number of imide groups is 1. The Morgan fingerprint density at radius 1 is 0.975 bits per heavy atom. The highest BCUT2D eigenvalue weighted by Crippen LogP contribution is 2.28. The van der Waals surface area contributed by atoms with E-state index >= 15 is 0 Å². The predicted molar refractivity (Wildman–Crippen MR) is 151 cm³/mol. The van der Waals surface area contributed by atoms with Crippen molar-refractivity contribution < 1.29 is 28.7 Å². The zero-order valence-corrected chi connectivity index (χ0v) is 24.3. The molecule has 0 bridgehead atoms. The summed E-state index contributed by atoms with van der Waals surface area (Å²) in [6.45, 7) is 10.5. The van der Waals surface area contributed by atoms with E-state index < -0.39 is 53.3 Å². The van der Waals surface area contributed by atoms with Crippen LogP contribution in [0.5, 0.6) is 0 Å². The number of hydrogen-bond donors (Lipinski definition) is 2. The minimum Gasteiger partial charge on any atom is -0.459 e. The van der Waals surface area contributed by atoms with Gasteiger partial charge in [0, 0.05) is 13.6 Å². The summed E-state index contributed by atoms with van der Waals surface area (Å²) in [4.78, 5) is 67.2. The van der Waals surface area contributed by atoms with E-state index in [-0.39, 0.29) is 18.9 Å². The van der Waals surface area contributed by atoms with Crippen LogP contribution >= 0.6 is 0 Å². The molecule has 0 spiro atoms. The lowest BCUT2D eigenvalue weighted by molar-refractivity contribution is -0.158. The highest BCUT2D eigenvalue weighted by Gasteiger charge is 2.38. The van der Waals surface area contributed by atoms with Gasteiger partial charge in [-0.05, 0) is 69.4 Å². The van der Waals surface area contributed by atoms with Gasteiger partial charge >= 0.3 is 5.97 Å². The third-order valence-electron chi connectivity index (χ3n) is 6.92. The lowest BCUT2D eigenvalue weighted by atomic mass is 10.00. The van der Waals surface area contributed by atoms with E-state index in [1.807, 2.05) is 38.1 Å². The van der Waals surface area contributed by atoms with Crippen molar-refractivity contribution >= 4 is 40.4 Å². The second kappa shape index (κ2) is 12.2. The normalized spacial score (nSPS) is 15.7. The summed E-state index contributed by atoms with van der Waals surface area (Å²) in [5, 5.41) is 4.81. The average molecular weight is 553 g/mol. The number of carbonyl (C=O) groups excluding carboxylic acids is 5. The molecule has 0 radical (unpaired) electrons. The molecule has 10 heteroatoms. The van der Waals surface area contributed by atoms with Crippen molar-refractivity contribution in [3.05, 3.63) is 47.5 Å². The Morgan fingerprint density at radius 3 is 1.95 bits per heavy atom. The van der Waals surface area contributed by atoms with Crippen LogP contribution in [0.4, 0.5) is 0 Å². The van der Waals surface area contributed by atoms with Crippen molar-refractivity contribution in [1.29, 1.82) is 0 Å². The quantitative estimate of drug-likeness (QED) is 0.323. The summed E-state index contributed by atoms with van der Waals surface area (Å²) in [7, 11) is 1.48. The SMILES string of the molecule is CC(C)C[C@H](N[C@H](CCN1C(=O)c2cc3ccccc3cc2C1=O)C(=O)OC(C)(C)C)C(=O)N(C)[C@@H](C)C(N)=O. The zero-order chi connectivity index (χ0) is 29.9. The smallest absolute Gasteiger partial charge is 0.323 e. The van der Waals surface area contributed by atoms with Crippen molar-refractivity contribution in [3.8, 4) is 0 Å². The van der Waals surface area contributed by atoms with Crippen LogP contribution in [0.25, 0.3) is 10.8 Å². The third kappa shape index (κ3) is 7.04. The molecule has 3 atom stereocenters. The molecule has 0 aliphatic carbocycles. The van der Waals surface area contributed by atoms with Crippen LogP contribution in [0, 0.1) is 5.92 Å². The summed E-state index contributed by atoms with van der Waals surface area (Å²) in [6.07, 6.45) is 0.393. The molecule has 0 aromatic heterocycles. The summed E-state index contributed by atoms with van der Waals surface area (Å²) in [5.41, 5.74) is 5.25. The molecule has 40 heavy (non-hydrogen) atoms. The van der Waals surface area contributed by atoms with Crippen LogP contribution in [-0.2, 0) is 19.1 Å². The highest BCUT2D eigenvalue weighted by atomic mass is 16.6. The number of nitrogens with one attached hydrogen (secondary N) is 1. The van der Waals surface area contributed by atoms with Gasteiger partial charge in [0.2, 0.25) is 11.8 Å². The molecule has 1 heterocycles. The molecule has 3 rings (SSSR count). The van der Waals surface area contributed by atoms with Crippen molar-refractivity contribution in [2.45, 2.75) is 78.1 Å². The molecule has 3 N–H and O–H groups in total. The van der Waals surface area contributed by atoms with Gasteiger partial charge in [-0.2, -0.15) is 0 Å². The number of ether oxygens (including phenoxy) is 1. The van der Waals surface area contributed by atoms with Gasteiger partial charge in [0.1, 0.15) is 17.7 Å². The molecular formula is C30H40N4O6. The summed E-state index contributed by atoms with van der Waals surface area (Å²) < 4.78 is 5.63. The second-order valence-electron chi connectivity index (χ2n) is 11.8.